The fourth-order valence-corrected chi connectivity index (χ4v) is 3.38. The summed E-state index contributed by atoms with van der Waals surface area (Å²) < 4.78 is 11.1. The minimum Gasteiger partial charge on any atom is -0.495 e. The Bertz CT molecular complexity index is 964. The van der Waals surface area contributed by atoms with Gasteiger partial charge >= 0.3 is 0 Å². The van der Waals surface area contributed by atoms with Crippen LogP contribution in [0.5, 0.6) is 11.5 Å². The van der Waals surface area contributed by atoms with Crippen molar-refractivity contribution in [2.75, 3.05) is 25.6 Å². The van der Waals surface area contributed by atoms with Crippen molar-refractivity contribution >= 4 is 23.1 Å². The molecule has 2 amide bonds. The number of nitrogens with one attached hydrogen (secondary N) is 1. The highest BCUT2D eigenvalue weighted by Gasteiger charge is 2.39. The lowest BCUT2D eigenvalue weighted by molar-refractivity contribution is -0.136. The second-order valence-electron chi connectivity index (χ2n) is 7.21. The molecule has 6 nitrogen and oxygen atoms in total. The van der Waals surface area contributed by atoms with Crippen molar-refractivity contribution in [3.8, 4) is 11.5 Å². The van der Waals surface area contributed by atoms with Crippen molar-refractivity contribution < 1.29 is 19.1 Å². The maximum Gasteiger partial charge on any atom is 0.278 e. The standard InChI is InChI=1S/C24H28N2O4/c1-5-13-26-23(27)21(17-8-10-18(11-9-17)30-14-6-2)22(24(26)28)25-19-15-16(3)7-12-20(19)29-4/h7-12,15,25H,5-6,13-14H2,1-4H3. The van der Waals surface area contributed by atoms with E-state index in [2.05, 4.69) is 5.32 Å². The summed E-state index contributed by atoms with van der Waals surface area (Å²) in [6.07, 6.45) is 1.61. The van der Waals surface area contributed by atoms with Gasteiger partial charge in [-0.2, -0.15) is 0 Å². The molecule has 30 heavy (non-hydrogen) atoms. The van der Waals surface area contributed by atoms with E-state index in [1.807, 2.05) is 63.2 Å². The Labute approximate surface area is 177 Å². The van der Waals surface area contributed by atoms with E-state index >= 15 is 0 Å². The third-order valence-electron chi connectivity index (χ3n) is 4.85. The van der Waals surface area contributed by atoms with Crippen LogP contribution in [0.25, 0.3) is 5.57 Å². The molecule has 0 bridgehead atoms. The normalized spacial score (nSPS) is 13.8. The van der Waals surface area contributed by atoms with Crippen LogP contribution in [0.2, 0.25) is 0 Å². The molecule has 0 aliphatic carbocycles. The fourth-order valence-electron chi connectivity index (χ4n) is 3.38. The molecule has 0 spiro atoms. The zero-order valence-corrected chi connectivity index (χ0v) is 18.0. The van der Waals surface area contributed by atoms with Gasteiger partial charge in [0.2, 0.25) is 0 Å². The molecule has 0 aromatic heterocycles. The van der Waals surface area contributed by atoms with Crippen molar-refractivity contribution in [3.63, 3.8) is 0 Å². The van der Waals surface area contributed by atoms with Crippen LogP contribution >= 0.6 is 0 Å². The van der Waals surface area contributed by atoms with E-state index in [0.29, 0.717) is 42.1 Å². The summed E-state index contributed by atoms with van der Waals surface area (Å²) in [5.74, 6) is 0.716. The van der Waals surface area contributed by atoms with Gasteiger partial charge in [-0.3, -0.25) is 14.5 Å². The molecule has 0 unspecified atom stereocenters. The van der Waals surface area contributed by atoms with Crippen LogP contribution < -0.4 is 14.8 Å². The van der Waals surface area contributed by atoms with E-state index in [0.717, 1.165) is 17.7 Å². The number of anilines is 1. The highest BCUT2D eigenvalue weighted by Crippen LogP contribution is 2.34. The SMILES string of the molecule is CCCOc1ccc(C2=C(Nc3cc(C)ccc3OC)C(=O)N(CCC)C2=O)cc1. The number of imide groups is 1. The third kappa shape index (κ3) is 4.32. The second-order valence-corrected chi connectivity index (χ2v) is 7.21. The highest BCUT2D eigenvalue weighted by molar-refractivity contribution is 6.36. The molecule has 1 N–H and O–H groups in total. The average molecular weight is 408 g/mol. The van der Waals surface area contributed by atoms with Crippen molar-refractivity contribution in [3.05, 3.63) is 59.3 Å². The molecule has 3 rings (SSSR count). The number of methoxy groups -OCH3 is 1. The van der Waals surface area contributed by atoms with E-state index in [-0.39, 0.29) is 17.5 Å². The van der Waals surface area contributed by atoms with Crippen molar-refractivity contribution in [1.29, 1.82) is 0 Å². The Balaban J connectivity index is 2.04. The summed E-state index contributed by atoms with van der Waals surface area (Å²) >= 11 is 0. The summed E-state index contributed by atoms with van der Waals surface area (Å²) in [5.41, 5.74) is 2.95. The largest absolute Gasteiger partial charge is 0.495 e. The van der Waals surface area contributed by atoms with Gasteiger partial charge in [0.15, 0.2) is 0 Å². The Hall–Kier alpha value is -3.28. The first-order chi connectivity index (χ1) is 14.5. The van der Waals surface area contributed by atoms with Gasteiger partial charge in [-0.1, -0.05) is 32.0 Å². The summed E-state index contributed by atoms with van der Waals surface area (Å²) in [6, 6.07) is 12.9. The molecule has 1 aliphatic rings. The molecular weight excluding hydrogens is 380 g/mol. The van der Waals surface area contributed by atoms with Gasteiger partial charge in [0.25, 0.3) is 11.8 Å². The quantitative estimate of drug-likeness (QED) is 0.623. The van der Waals surface area contributed by atoms with Crippen LogP contribution in [-0.4, -0.2) is 37.0 Å². The van der Waals surface area contributed by atoms with Crippen molar-refractivity contribution in [2.45, 2.75) is 33.6 Å². The lowest BCUT2D eigenvalue weighted by atomic mass is 10.0. The molecule has 0 fully saturated rings. The highest BCUT2D eigenvalue weighted by atomic mass is 16.5. The van der Waals surface area contributed by atoms with E-state index in [4.69, 9.17) is 9.47 Å². The number of hydrogen-bond acceptors (Lipinski definition) is 5. The second kappa shape index (κ2) is 9.48. The Morgan fingerprint density at radius 1 is 0.967 bits per heavy atom. The zero-order valence-electron chi connectivity index (χ0n) is 18.0. The van der Waals surface area contributed by atoms with E-state index < -0.39 is 0 Å². The molecule has 0 saturated heterocycles. The number of benzene rings is 2. The topological polar surface area (TPSA) is 67.9 Å². The summed E-state index contributed by atoms with van der Waals surface area (Å²) in [4.78, 5) is 27.5. The van der Waals surface area contributed by atoms with Crippen LogP contribution in [0.1, 0.15) is 37.8 Å². The van der Waals surface area contributed by atoms with Gasteiger partial charge in [0, 0.05) is 6.54 Å². The lowest BCUT2D eigenvalue weighted by Crippen LogP contribution is -2.33. The molecule has 0 saturated carbocycles. The minimum absolute atomic E-state index is 0.263. The number of ether oxygens (including phenoxy) is 2. The number of carbonyl (C=O) groups is 2. The maximum absolute atomic E-state index is 13.1. The molecule has 1 aliphatic heterocycles. The van der Waals surface area contributed by atoms with E-state index in [1.54, 1.807) is 7.11 Å². The van der Waals surface area contributed by atoms with Gasteiger partial charge in [-0.05, 0) is 55.2 Å². The molecule has 0 radical (unpaired) electrons. The van der Waals surface area contributed by atoms with Gasteiger partial charge in [-0.15, -0.1) is 0 Å². The molecule has 2 aromatic carbocycles. The number of amides is 2. The number of nitrogens with zero attached hydrogens (tertiary/aromatic N) is 1. The molecule has 2 aromatic rings. The molecule has 1 heterocycles. The van der Waals surface area contributed by atoms with Crippen LogP contribution in [-0.2, 0) is 9.59 Å². The number of rotatable bonds is 9. The Morgan fingerprint density at radius 3 is 2.33 bits per heavy atom. The van der Waals surface area contributed by atoms with Crippen LogP contribution in [0.4, 0.5) is 5.69 Å². The number of carbonyl (C=O) groups excluding carboxylic acids is 2. The minimum atomic E-state index is -0.327. The molecule has 158 valence electrons. The number of aryl methyl sites for hydroxylation is 1. The maximum atomic E-state index is 13.1. The summed E-state index contributed by atoms with van der Waals surface area (Å²) in [6.45, 7) is 6.94. The van der Waals surface area contributed by atoms with E-state index in [1.165, 1.54) is 4.90 Å². The summed E-state index contributed by atoms with van der Waals surface area (Å²) in [5, 5.41) is 3.18. The third-order valence-corrected chi connectivity index (χ3v) is 4.85. The van der Waals surface area contributed by atoms with Gasteiger partial charge < -0.3 is 14.8 Å². The average Bonchev–Trinajstić information content (AvgIpc) is 2.97. The van der Waals surface area contributed by atoms with Crippen LogP contribution in [0, 0.1) is 6.92 Å². The number of hydrogen-bond donors (Lipinski definition) is 1. The van der Waals surface area contributed by atoms with Gasteiger partial charge in [0.05, 0.1) is 25.0 Å². The van der Waals surface area contributed by atoms with Crippen molar-refractivity contribution in [1.82, 2.24) is 4.90 Å². The molecule has 6 heteroatoms. The first-order valence-electron chi connectivity index (χ1n) is 10.3. The first-order valence-corrected chi connectivity index (χ1v) is 10.3. The van der Waals surface area contributed by atoms with Crippen molar-refractivity contribution in [2.24, 2.45) is 0 Å². The Kier molecular flexibility index (Phi) is 6.77. The zero-order chi connectivity index (χ0) is 21.7. The molecule has 0 atom stereocenters. The smallest absolute Gasteiger partial charge is 0.278 e. The first kappa shape index (κ1) is 21.4. The van der Waals surface area contributed by atoms with Gasteiger partial charge in [-0.25, -0.2) is 0 Å². The van der Waals surface area contributed by atoms with Crippen LogP contribution in [0.3, 0.4) is 0 Å². The predicted octanol–water partition coefficient (Wildman–Crippen LogP) is 4.39. The monoisotopic (exact) mass is 408 g/mol. The lowest BCUT2D eigenvalue weighted by Gasteiger charge is -2.15. The predicted molar refractivity (Wildman–Crippen MR) is 118 cm³/mol. The van der Waals surface area contributed by atoms with Gasteiger partial charge in [0.1, 0.15) is 17.2 Å². The van der Waals surface area contributed by atoms with E-state index in [9.17, 15) is 9.59 Å². The Morgan fingerprint density at radius 2 is 1.70 bits per heavy atom. The summed E-state index contributed by atoms with van der Waals surface area (Å²) in [7, 11) is 1.57. The molecular formula is C24H28N2O4. The van der Waals surface area contributed by atoms with Crippen LogP contribution in [0.15, 0.2) is 48.2 Å². The fraction of sp³-hybridized carbons (Fsp3) is 0.333.